The molecule has 1 aliphatic heterocycles. The maximum atomic E-state index is 13.1. The van der Waals surface area contributed by atoms with Gasteiger partial charge in [-0.15, -0.1) is 0 Å². The molecule has 0 bridgehead atoms. The van der Waals surface area contributed by atoms with Gasteiger partial charge in [0.25, 0.3) is 5.56 Å². The number of hydrogen-bond donors (Lipinski definition) is 1. The number of para-hydroxylation sites is 1. The lowest BCUT2D eigenvalue weighted by Crippen LogP contribution is -2.41. The molecule has 1 fully saturated rings. The van der Waals surface area contributed by atoms with E-state index in [1.54, 1.807) is 22.6 Å². The average Bonchev–Trinajstić information content (AvgIpc) is 2.88. The van der Waals surface area contributed by atoms with Gasteiger partial charge in [-0.25, -0.2) is 9.78 Å². The zero-order chi connectivity index (χ0) is 24.1. The number of amides is 1. The van der Waals surface area contributed by atoms with Crippen LogP contribution in [0.1, 0.15) is 25.8 Å². The van der Waals surface area contributed by atoms with Gasteiger partial charge in [-0.05, 0) is 37.1 Å². The minimum absolute atomic E-state index is 0.0204. The van der Waals surface area contributed by atoms with E-state index in [2.05, 4.69) is 15.0 Å². The molecule has 0 unspecified atom stereocenters. The van der Waals surface area contributed by atoms with Gasteiger partial charge in [-0.1, -0.05) is 18.2 Å². The van der Waals surface area contributed by atoms with Crippen LogP contribution in [-0.4, -0.2) is 48.4 Å². The Morgan fingerprint density at radius 3 is 2.57 bits per heavy atom. The molecule has 9 nitrogen and oxygen atoms in total. The zero-order valence-electron chi connectivity index (χ0n) is 19.1. The van der Waals surface area contributed by atoms with Gasteiger partial charge in [0.1, 0.15) is 5.52 Å². The van der Waals surface area contributed by atoms with Crippen LogP contribution in [0.5, 0.6) is 0 Å². The summed E-state index contributed by atoms with van der Waals surface area (Å²) in [5.41, 5.74) is 2.99. The molecule has 174 valence electrons. The normalized spacial score (nSPS) is 14.7. The molecule has 0 atom stereocenters. The number of rotatable bonds is 2. The number of aromatic nitrogens is 5. The van der Waals surface area contributed by atoms with Crippen molar-refractivity contribution in [3.8, 4) is 11.3 Å². The molecule has 5 heterocycles. The average molecular weight is 467 g/mol. The van der Waals surface area contributed by atoms with Crippen LogP contribution in [0.2, 0.25) is 0 Å². The van der Waals surface area contributed by atoms with Crippen molar-refractivity contribution in [3.63, 3.8) is 0 Å². The number of carbonyl (C=O) groups is 1. The van der Waals surface area contributed by atoms with Gasteiger partial charge in [0, 0.05) is 49.4 Å². The Labute approximate surface area is 199 Å². The molecule has 0 saturated carbocycles. The minimum Gasteiger partial charge on any atom is -0.343 e. The number of nitrogens with zero attached hydrogens (tertiary/aromatic N) is 5. The molecule has 1 saturated heterocycles. The quantitative estimate of drug-likeness (QED) is 0.400. The molecule has 1 N–H and O–H groups in total. The van der Waals surface area contributed by atoms with E-state index in [0.29, 0.717) is 53.6 Å². The van der Waals surface area contributed by atoms with Crippen molar-refractivity contribution in [1.29, 1.82) is 0 Å². The van der Waals surface area contributed by atoms with Crippen LogP contribution < -0.4 is 11.2 Å². The van der Waals surface area contributed by atoms with E-state index in [0.717, 1.165) is 16.5 Å². The number of aromatic amines is 1. The molecular weight excluding hydrogens is 444 g/mol. The fourth-order valence-electron chi connectivity index (χ4n) is 4.95. The van der Waals surface area contributed by atoms with Crippen LogP contribution in [0.4, 0.5) is 0 Å². The summed E-state index contributed by atoms with van der Waals surface area (Å²) < 4.78 is 1.63. The largest absolute Gasteiger partial charge is 0.343 e. The van der Waals surface area contributed by atoms with Gasteiger partial charge in [-0.2, -0.15) is 0 Å². The van der Waals surface area contributed by atoms with Crippen molar-refractivity contribution >= 4 is 38.7 Å². The molecule has 0 spiro atoms. The van der Waals surface area contributed by atoms with Crippen molar-refractivity contribution in [2.45, 2.75) is 25.8 Å². The molecule has 0 radical (unpaired) electrons. The predicted octanol–water partition coefficient (Wildman–Crippen LogP) is 3.03. The van der Waals surface area contributed by atoms with Gasteiger partial charge in [0.15, 0.2) is 0 Å². The molecule has 9 heteroatoms. The monoisotopic (exact) mass is 466 g/mol. The van der Waals surface area contributed by atoms with Gasteiger partial charge in [0.2, 0.25) is 5.91 Å². The summed E-state index contributed by atoms with van der Waals surface area (Å²) in [7, 11) is 0. The van der Waals surface area contributed by atoms with E-state index in [1.807, 2.05) is 42.5 Å². The number of benzene rings is 1. The van der Waals surface area contributed by atoms with E-state index >= 15 is 0 Å². The number of carbonyl (C=O) groups excluding carboxylic acids is 1. The van der Waals surface area contributed by atoms with Gasteiger partial charge < -0.3 is 4.90 Å². The van der Waals surface area contributed by atoms with Crippen LogP contribution in [0.25, 0.3) is 44.1 Å². The Hall–Kier alpha value is -4.40. The van der Waals surface area contributed by atoms with Crippen LogP contribution in [0, 0.1) is 0 Å². The van der Waals surface area contributed by atoms with Crippen LogP contribution in [-0.2, 0) is 4.79 Å². The first-order valence-electron chi connectivity index (χ1n) is 11.5. The van der Waals surface area contributed by atoms with Crippen molar-refractivity contribution < 1.29 is 4.79 Å². The predicted molar refractivity (Wildman–Crippen MR) is 133 cm³/mol. The van der Waals surface area contributed by atoms with Gasteiger partial charge >= 0.3 is 5.69 Å². The third-order valence-electron chi connectivity index (χ3n) is 6.77. The second-order valence-electron chi connectivity index (χ2n) is 8.87. The second-order valence-corrected chi connectivity index (χ2v) is 8.87. The zero-order valence-corrected chi connectivity index (χ0v) is 19.1. The summed E-state index contributed by atoms with van der Waals surface area (Å²) in [6, 6.07) is 13.4. The smallest absolute Gasteiger partial charge is 0.329 e. The SMILES string of the molecule is CC(=O)N1CCC(n2c(=O)[nH]c(=O)c3cnc4ccc(-c5cnc6ccccc6c5)nc4c32)CC1. The first-order chi connectivity index (χ1) is 17.0. The number of likely N-dealkylation sites (tertiary alicyclic amines) is 1. The number of pyridine rings is 3. The summed E-state index contributed by atoms with van der Waals surface area (Å²) in [6.07, 6.45) is 4.49. The summed E-state index contributed by atoms with van der Waals surface area (Å²) in [4.78, 5) is 55.7. The lowest BCUT2D eigenvalue weighted by atomic mass is 10.0. The van der Waals surface area contributed by atoms with Crippen LogP contribution in [0.3, 0.4) is 0 Å². The van der Waals surface area contributed by atoms with E-state index in [4.69, 9.17) is 4.98 Å². The summed E-state index contributed by atoms with van der Waals surface area (Å²) in [5.74, 6) is 0.0204. The lowest BCUT2D eigenvalue weighted by Gasteiger charge is -2.32. The van der Waals surface area contributed by atoms with Crippen molar-refractivity contribution in [2.75, 3.05) is 13.1 Å². The molecule has 35 heavy (non-hydrogen) atoms. The van der Waals surface area contributed by atoms with Crippen molar-refractivity contribution in [3.05, 3.63) is 75.7 Å². The fraction of sp³-hybridized carbons (Fsp3) is 0.231. The summed E-state index contributed by atoms with van der Waals surface area (Å²) in [6.45, 7) is 2.66. The topological polar surface area (TPSA) is 114 Å². The second kappa shape index (κ2) is 8.12. The maximum Gasteiger partial charge on any atom is 0.329 e. The molecule has 4 aromatic heterocycles. The highest BCUT2D eigenvalue weighted by Crippen LogP contribution is 2.29. The number of hydrogen-bond acceptors (Lipinski definition) is 6. The number of piperidine rings is 1. The third-order valence-corrected chi connectivity index (χ3v) is 6.77. The number of H-pyrrole nitrogens is 1. The Balaban J connectivity index is 1.56. The molecular formula is C26H22N6O3. The van der Waals surface area contributed by atoms with E-state index in [-0.39, 0.29) is 11.9 Å². The van der Waals surface area contributed by atoms with Gasteiger partial charge in [0.05, 0.1) is 27.6 Å². The highest BCUT2D eigenvalue weighted by atomic mass is 16.2. The highest BCUT2D eigenvalue weighted by molar-refractivity contribution is 6.01. The van der Waals surface area contributed by atoms with E-state index < -0.39 is 11.2 Å². The van der Waals surface area contributed by atoms with Crippen molar-refractivity contribution in [1.82, 2.24) is 29.4 Å². The first-order valence-corrected chi connectivity index (χ1v) is 11.5. The number of fused-ring (bicyclic) bond motifs is 4. The Morgan fingerprint density at radius 2 is 1.77 bits per heavy atom. The molecule has 1 aliphatic rings. The van der Waals surface area contributed by atoms with Gasteiger partial charge in [-0.3, -0.25) is 29.1 Å². The fourth-order valence-corrected chi connectivity index (χ4v) is 4.95. The molecule has 1 aromatic carbocycles. The Kier molecular flexibility index (Phi) is 4.91. The summed E-state index contributed by atoms with van der Waals surface area (Å²) >= 11 is 0. The molecule has 6 rings (SSSR count). The lowest BCUT2D eigenvalue weighted by molar-refractivity contribution is -0.130. The number of nitrogens with one attached hydrogen (secondary N) is 1. The van der Waals surface area contributed by atoms with E-state index in [9.17, 15) is 14.4 Å². The van der Waals surface area contributed by atoms with Crippen LogP contribution in [0.15, 0.2) is 64.4 Å². The standard InChI is InChI=1S/C26H22N6O3/c1-15(33)31-10-8-18(9-11-31)32-24-19(25(34)30-26(32)35)14-28-22-7-6-21(29-23(22)24)17-12-16-4-2-3-5-20(16)27-13-17/h2-7,12-14,18H,8-11H2,1H3,(H,30,34,35). The highest BCUT2D eigenvalue weighted by Gasteiger charge is 2.26. The summed E-state index contributed by atoms with van der Waals surface area (Å²) in [5, 5.41) is 1.31. The maximum absolute atomic E-state index is 13.1. The Morgan fingerprint density at radius 1 is 1.00 bits per heavy atom. The Bertz CT molecular complexity index is 1750. The molecule has 0 aliphatic carbocycles. The van der Waals surface area contributed by atoms with Crippen LogP contribution >= 0.6 is 0 Å². The third kappa shape index (κ3) is 3.56. The molecule has 5 aromatic rings. The first kappa shape index (κ1) is 21.2. The molecule has 1 amide bonds. The van der Waals surface area contributed by atoms with Crippen molar-refractivity contribution in [2.24, 2.45) is 0 Å². The van der Waals surface area contributed by atoms with E-state index in [1.165, 1.54) is 6.20 Å². The minimum atomic E-state index is -0.489.